The largest absolute Gasteiger partial charge is 0.465 e. The van der Waals surface area contributed by atoms with Gasteiger partial charge in [0.15, 0.2) is 0 Å². The molecule has 0 unspecified atom stereocenters. The molecule has 0 atom stereocenters. The van der Waals surface area contributed by atoms with Crippen LogP contribution < -0.4 is 10.6 Å². The van der Waals surface area contributed by atoms with Crippen molar-refractivity contribution in [2.45, 2.75) is 67.2 Å². The highest BCUT2D eigenvalue weighted by molar-refractivity contribution is 5.64. The molecule has 8 heteroatoms. The molecular weight excluding hydrogens is 360 g/mol. The van der Waals surface area contributed by atoms with E-state index < -0.39 is 12.2 Å². The van der Waals surface area contributed by atoms with Gasteiger partial charge in [-0.3, -0.25) is 0 Å². The second kappa shape index (κ2) is 25.5. The normalized spacial score (nSPS) is 9.86. The van der Waals surface area contributed by atoms with Crippen LogP contribution in [0.3, 0.4) is 0 Å². The molecule has 170 valence electrons. The summed E-state index contributed by atoms with van der Waals surface area (Å²) in [7, 11) is 0. The molecule has 0 spiro atoms. The maximum Gasteiger partial charge on any atom is 0.404 e. The van der Waals surface area contributed by atoms with Crippen molar-refractivity contribution in [3.63, 3.8) is 0 Å². The molecule has 8 nitrogen and oxygen atoms in total. The predicted octanol–water partition coefficient (Wildman–Crippen LogP) is 3.78. The lowest BCUT2D eigenvalue weighted by molar-refractivity contribution is 0.192. The molecule has 0 rings (SSSR count). The van der Waals surface area contributed by atoms with Gasteiger partial charge in [-0.05, 0) is 52.1 Å². The maximum absolute atomic E-state index is 10.0. The van der Waals surface area contributed by atoms with E-state index in [1.54, 1.807) is 0 Å². The lowest BCUT2D eigenvalue weighted by atomic mass is 10.2. The Balaban J connectivity index is -0.000000375. The summed E-state index contributed by atoms with van der Waals surface area (Å²) in [4.78, 5) is 24.8. The SMILES string of the molecule is CCN(CC)CC.CCN(CC)CC.O=C(O)NCCCCCCNC(=O)O. The van der Waals surface area contributed by atoms with Crippen LogP contribution in [0.15, 0.2) is 0 Å². The van der Waals surface area contributed by atoms with Crippen LogP contribution >= 0.6 is 0 Å². The van der Waals surface area contributed by atoms with Crippen LogP contribution in [0.5, 0.6) is 0 Å². The summed E-state index contributed by atoms with van der Waals surface area (Å²) in [5.74, 6) is 0. The van der Waals surface area contributed by atoms with Gasteiger partial charge < -0.3 is 30.6 Å². The van der Waals surface area contributed by atoms with Crippen LogP contribution in [-0.2, 0) is 0 Å². The van der Waals surface area contributed by atoms with Crippen LogP contribution in [0.4, 0.5) is 9.59 Å². The van der Waals surface area contributed by atoms with Crippen molar-refractivity contribution in [1.82, 2.24) is 20.4 Å². The number of hydrogen-bond donors (Lipinski definition) is 4. The summed E-state index contributed by atoms with van der Waals surface area (Å²) in [6.45, 7) is 21.2. The van der Waals surface area contributed by atoms with Crippen LogP contribution in [-0.4, -0.2) is 84.6 Å². The third-order valence-corrected chi connectivity index (χ3v) is 4.34. The molecule has 0 saturated heterocycles. The predicted molar refractivity (Wildman–Crippen MR) is 117 cm³/mol. The van der Waals surface area contributed by atoms with Gasteiger partial charge in [0.05, 0.1) is 0 Å². The first-order valence-electron chi connectivity index (χ1n) is 10.7. The van der Waals surface area contributed by atoms with E-state index in [0.717, 1.165) is 25.7 Å². The van der Waals surface area contributed by atoms with Crippen LogP contribution in [0, 0.1) is 0 Å². The number of carboxylic acid groups (broad SMARTS) is 2. The van der Waals surface area contributed by atoms with Crippen molar-refractivity contribution in [3.8, 4) is 0 Å². The Hall–Kier alpha value is -1.54. The van der Waals surface area contributed by atoms with Gasteiger partial charge in [0.2, 0.25) is 0 Å². The number of amides is 2. The standard InChI is InChI=1S/C8H16N2O4.2C6H15N/c11-7(12)9-5-3-1-2-4-6-10-8(13)14;2*1-4-7(5-2)6-3/h9-10H,1-6H2,(H,11,12)(H,13,14);2*4-6H2,1-3H3. The molecule has 0 aromatic rings. The van der Waals surface area contributed by atoms with Gasteiger partial charge in [0.1, 0.15) is 0 Å². The van der Waals surface area contributed by atoms with Gasteiger partial charge in [-0.1, -0.05) is 54.4 Å². The number of rotatable bonds is 13. The molecule has 0 bridgehead atoms. The van der Waals surface area contributed by atoms with Crippen molar-refractivity contribution >= 4 is 12.2 Å². The molecule has 0 fully saturated rings. The van der Waals surface area contributed by atoms with Crippen LogP contribution in [0.25, 0.3) is 0 Å². The lowest BCUT2D eigenvalue weighted by Gasteiger charge is -2.13. The zero-order valence-electron chi connectivity index (χ0n) is 19.1. The third kappa shape index (κ3) is 29.2. The van der Waals surface area contributed by atoms with Crippen molar-refractivity contribution in [2.24, 2.45) is 0 Å². The second-order valence-electron chi connectivity index (χ2n) is 6.12. The van der Waals surface area contributed by atoms with E-state index in [-0.39, 0.29) is 0 Å². The highest BCUT2D eigenvalue weighted by atomic mass is 16.4. The van der Waals surface area contributed by atoms with Crippen molar-refractivity contribution in [3.05, 3.63) is 0 Å². The molecular formula is C20H46N4O4. The minimum atomic E-state index is -1.00. The second-order valence-corrected chi connectivity index (χ2v) is 6.12. The summed E-state index contributed by atoms with van der Waals surface area (Å²) in [6.07, 6.45) is 1.39. The third-order valence-electron chi connectivity index (χ3n) is 4.34. The number of nitrogens with one attached hydrogen (secondary N) is 2. The quantitative estimate of drug-likeness (QED) is 0.347. The van der Waals surface area contributed by atoms with E-state index in [1.807, 2.05) is 0 Å². The highest BCUT2D eigenvalue weighted by Gasteiger charge is 1.95. The van der Waals surface area contributed by atoms with E-state index >= 15 is 0 Å². The zero-order valence-corrected chi connectivity index (χ0v) is 19.1. The molecule has 0 aromatic heterocycles. The van der Waals surface area contributed by atoms with Gasteiger partial charge in [0.25, 0.3) is 0 Å². The van der Waals surface area contributed by atoms with Crippen LogP contribution in [0.1, 0.15) is 67.2 Å². The zero-order chi connectivity index (χ0) is 22.2. The Morgan fingerprint density at radius 1 is 0.571 bits per heavy atom. The van der Waals surface area contributed by atoms with Gasteiger partial charge >= 0.3 is 12.2 Å². The molecule has 0 saturated carbocycles. The summed E-state index contributed by atoms with van der Waals surface area (Å²) >= 11 is 0. The number of unbranched alkanes of at least 4 members (excludes halogenated alkanes) is 3. The summed E-state index contributed by atoms with van der Waals surface area (Å²) < 4.78 is 0. The maximum atomic E-state index is 10.0. The fourth-order valence-corrected chi connectivity index (χ4v) is 2.34. The summed E-state index contributed by atoms with van der Waals surface area (Å²) in [6, 6.07) is 0. The van der Waals surface area contributed by atoms with Gasteiger partial charge in [-0.2, -0.15) is 0 Å². The first-order valence-corrected chi connectivity index (χ1v) is 10.7. The van der Waals surface area contributed by atoms with E-state index in [4.69, 9.17) is 10.2 Å². The first kappa shape index (κ1) is 31.2. The molecule has 0 aliphatic carbocycles. The first-order chi connectivity index (χ1) is 13.3. The molecule has 0 heterocycles. The van der Waals surface area contributed by atoms with Gasteiger partial charge in [0, 0.05) is 13.1 Å². The Kier molecular flexibility index (Phi) is 28.3. The monoisotopic (exact) mass is 406 g/mol. The minimum Gasteiger partial charge on any atom is -0.465 e. The van der Waals surface area contributed by atoms with E-state index in [9.17, 15) is 9.59 Å². The molecule has 0 aliphatic rings. The molecule has 2 amide bonds. The minimum absolute atomic E-state index is 0.460. The van der Waals surface area contributed by atoms with Crippen molar-refractivity contribution in [1.29, 1.82) is 0 Å². The fourth-order valence-electron chi connectivity index (χ4n) is 2.34. The van der Waals surface area contributed by atoms with Gasteiger partial charge in [-0.25, -0.2) is 9.59 Å². The van der Waals surface area contributed by atoms with Crippen molar-refractivity contribution < 1.29 is 19.8 Å². The van der Waals surface area contributed by atoms with E-state index in [0.29, 0.717) is 13.1 Å². The number of carbonyl (C=O) groups is 2. The van der Waals surface area contributed by atoms with E-state index in [1.165, 1.54) is 39.3 Å². The average Bonchev–Trinajstić information content (AvgIpc) is 2.67. The average molecular weight is 407 g/mol. The molecule has 28 heavy (non-hydrogen) atoms. The van der Waals surface area contributed by atoms with Gasteiger partial charge in [-0.15, -0.1) is 0 Å². The Bertz CT molecular complexity index is 293. The smallest absolute Gasteiger partial charge is 0.404 e. The summed E-state index contributed by atoms with van der Waals surface area (Å²) in [5, 5.41) is 21.0. The number of nitrogens with zero attached hydrogens (tertiary/aromatic N) is 2. The fraction of sp³-hybridized carbons (Fsp3) is 0.900. The Morgan fingerprint density at radius 2 is 0.821 bits per heavy atom. The highest BCUT2D eigenvalue weighted by Crippen LogP contribution is 1.97. The van der Waals surface area contributed by atoms with E-state index in [2.05, 4.69) is 62.0 Å². The molecule has 0 radical (unpaired) electrons. The van der Waals surface area contributed by atoms with Crippen molar-refractivity contribution in [2.75, 3.05) is 52.4 Å². The number of hydrogen-bond acceptors (Lipinski definition) is 4. The topological polar surface area (TPSA) is 105 Å². The Morgan fingerprint density at radius 3 is 0.964 bits per heavy atom. The van der Waals surface area contributed by atoms with Crippen LogP contribution in [0.2, 0.25) is 0 Å². The summed E-state index contributed by atoms with van der Waals surface area (Å²) in [5.41, 5.74) is 0. The molecule has 4 N–H and O–H groups in total. The molecule has 0 aliphatic heterocycles. The lowest BCUT2D eigenvalue weighted by Crippen LogP contribution is -2.22. The Labute approximate surface area is 172 Å². The molecule has 0 aromatic carbocycles.